The molecule has 0 spiro atoms. The Hall–Kier alpha value is -1.92. The molecule has 3 heterocycles. The molecule has 1 saturated heterocycles. The van der Waals surface area contributed by atoms with E-state index >= 15 is 0 Å². The molecule has 7 nitrogen and oxygen atoms in total. The van der Waals surface area contributed by atoms with Crippen LogP contribution in [0.4, 0.5) is 0 Å². The Morgan fingerprint density at radius 3 is 2.83 bits per heavy atom. The number of carbonyl (C=O) groups is 2. The second kappa shape index (κ2) is 6.18. The quantitative estimate of drug-likeness (QED) is 0.853. The number of hydrogen-bond donors (Lipinski definition) is 1. The molecule has 130 valence electrons. The van der Waals surface area contributed by atoms with Gasteiger partial charge in [-0.25, -0.2) is 0 Å². The van der Waals surface area contributed by atoms with Gasteiger partial charge in [0, 0.05) is 44.9 Å². The molecule has 1 aromatic heterocycles. The zero-order valence-corrected chi connectivity index (χ0v) is 14.2. The Morgan fingerprint density at radius 1 is 1.25 bits per heavy atom. The SMILES string of the molecule is CCc1nnc2n1C[C@@H](NC(=O)[C@@H]1CC(=O)N(CC3CC3)C1)CC2. The minimum absolute atomic E-state index is 0.0289. The van der Waals surface area contributed by atoms with Gasteiger partial charge in [0.25, 0.3) is 0 Å². The van der Waals surface area contributed by atoms with Crippen molar-refractivity contribution in [2.24, 2.45) is 11.8 Å². The number of nitrogens with zero attached hydrogens (tertiary/aromatic N) is 4. The highest BCUT2D eigenvalue weighted by atomic mass is 16.2. The van der Waals surface area contributed by atoms with E-state index in [2.05, 4.69) is 27.0 Å². The first-order valence-corrected chi connectivity index (χ1v) is 9.13. The van der Waals surface area contributed by atoms with Crippen molar-refractivity contribution in [3.8, 4) is 0 Å². The maximum absolute atomic E-state index is 12.6. The van der Waals surface area contributed by atoms with Gasteiger partial charge in [0.05, 0.1) is 5.92 Å². The molecule has 2 aliphatic heterocycles. The summed E-state index contributed by atoms with van der Waals surface area (Å²) in [6, 6.07) is 0.110. The third-order valence-electron chi connectivity index (χ3n) is 5.45. The maximum Gasteiger partial charge on any atom is 0.225 e. The topological polar surface area (TPSA) is 80.1 Å². The minimum atomic E-state index is -0.191. The van der Waals surface area contributed by atoms with Crippen LogP contribution >= 0.6 is 0 Å². The van der Waals surface area contributed by atoms with Crippen molar-refractivity contribution in [1.29, 1.82) is 0 Å². The summed E-state index contributed by atoms with van der Waals surface area (Å²) in [6.45, 7) is 4.24. The van der Waals surface area contributed by atoms with Crippen molar-refractivity contribution in [1.82, 2.24) is 25.0 Å². The van der Waals surface area contributed by atoms with Crippen LogP contribution in [0.3, 0.4) is 0 Å². The molecule has 1 N–H and O–H groups in total. The predicted octanol–water partition coefficient (Wildman–Crippen LogP) is 0.530. The van der Waals surface area contributed by atoms with Gasteiger partial charge in [-0.15, -0.1) is 10.2 Å². The molecule has 7 heteroatoms. The van der Waals surface area contributed by atoms with Crippen LogP contribution in [0.2, 0.25) is 0 Å². The van der Waals surface area contributed by atoms with Crippen LogP contribution in [0.5, 0.6) is 0 Å². The van der Waals surface area contributed by atoms with Gasteiger partial charge in [-0.1, -0.05) is 6.92 Å². The van der Waals surface area contributed by atoms with Gasteiger partial charge in [-0.2, -0.15) is 0 Å². The molecule has 0 bridgehead atoms. The van der Waals surface area contributed by atoms with E-state index < -0.39 is 0 Å². The summed E-state index contributed by atoms with van der Waals surface area (Å²) < 4.78 is 2.13. The van der Waals surface area contributed by atoms with Gasteiger partial charge in [-0.05, 0) is 25.2 Å². The largest absolute Gasteiger partial charge is 0.351 e. The number of hydrogen-bond acceptors (Lipinski definition) is 4. The average molecular weight is 331 g/mol. The van der Waals surface area contributed by atoms with Crippen molar-refractivity contribution >= 4 is 11.8 Å². The molecule has 2 amide bonds. The molecule has 0 aromatic carbocycles. The molecule has 0 unspecified atom stereocenters. The lowest BCUT2D eigenvalue weighted by atomic mass is 10.0. The zero-order chi connectivity index (χ0) is 16.7. The van der Waals surface area contributed by atoms with Crippen molar-refractivity contribution in [3.05, 3.63) is 11.6 Å². The monoisotopic (exact) mass is 331 g/mol. The van der Waals surface area contributed by atoms with Crippen LogP contribution in [-0.2, 0) is 29.0 Å². The van der Waals surface area contributed by atoms with Crippen LogP contribution in [0, 0.1) is 11.8 Å². The molecule has 4 rings (SSSR count). The summed E-state index contributed by atoms with van der Waals surface area (Å²) in [4.78, 5) is 26.5. The van der Waals surface area contributed by atoms with E-state index in [1.807, 2.05) is 4.90 Å². The highest BCUT2D eigenvalue weighted by molar-refractivity contribution is 5.89. The number of fused-ring (bicyclic) bond motifs is 1. The molecule has 1 saturated carbocycles. The van der Waals surface area contributed by atoms with Crippen LogP contribution in [0.15, 0.2) is 0 Å². The zero-order valence-electron chi connectivity index (χ0n) is 14.2. The van der Waals surface area contributed by atoms with Gasteiger partial charge in [0.1, 0.15) is 11.6 Å². The number of amides is 2. The van der Waals surface area contributed by atoms with Crippen molar-refractivity contribution < 1.29 is 9.59 Å². The number of aromatic nitrogens is 3. The molecule has 2 atom stereocenters. The van der Waals surface area contributed by atoms with E-state index in [1.165, 1.54) is 12.8 Å². The number of aryl methyl sites for hydroxylation is 2. The van der Waals surface area contributed by atoms with E-state index in [-0.39, 0.29) is 23.8 Å². The van der Waals surface area contributed by atoms with Gasteiger partial charge < -0.3 is 14.8 Å². The molecule has 3 aliphatic rings. The second-order valence-electron chi connectivity index (χ2n) is 7.38. The van der Waals surface area contributed by atoms with E-state index in [0.717, 1.165) is 44.0 Å². The number of likely N-dealkylation sites (tertiary alicyclic amines) is 1. The average Bonchev–Trinajstić information content (AvgIpc) is 3.18. The van der Waals surface area contributed by atoms with Gasteiger partial charge in [-0.3, -0.25) is 9.59 Å². The molecular weight excluding hydrogens is 306 g/mol. The molecule has 0 radical (unpaired) electrons. The number of rotatable bonds is 5. The fourth-order valence-corrected chi connectivity index (χ4v) is 3.82. The van der Waals surface area contributed by atoms with Gasteiger partial charge in [0.15, 0.2) is 0 Å². The highest BCUT2D eigenvalue weighted by Crippen LogP contribution is 2.32. The summed E-state index contributed by atoms with van der Waals surface area (Å²) in [6.07, 6.45) is 5.40. The van der Waals surface area contributed by atoms with Gasteiger partial charge >= 0.3 is 0 Å². The fraction of sp³-hybridized carbons (Fsp3) is 0.765. The van der Waals surface area contributed by atoms with Crippen molar-refractivity contribution in [2.45, 2.75) is 58.0 Å². The summed E-state index contributed by atoms with van der Waals surface area (Å²) in [5.74, 6) is 2.65. The Kier molecular flexibility index (Phi) is 4.02. The fourth-order valence-electron chi connectivity index (χ4n) is 3.82. The smallest absolute Gasteiger partial charge is 0.225 e. The molecule has 24 heavy (non-hydrogen) atoms. The molecule has 2 fully saturated rings. The highest BCUT2D eigenvalue weighted by Gasteiger charge is 2.38. The third-order valence-corrected chi connectivity index (χ3v) is 5.45. The Morgan fingerprint density at radius 2 is 2.08 bits per heavy atom. The molecule has 1 aliphatic carbocycles. The van der Waals surface area contributed by atoms with E-state index in [4.69, 9.17) is 0 Å². The van der Waals surface area contributed by atoms with Crippen molar-refractivity contribution in [2.75, 3.05) is 13.1 Å². The van der Waals surface area contributed by atoms with Crippen LogP contribution in [0.1, 0.15) is 44.3 Å². The molecular formula is C17H25N5O2. The lowest BCUT2D eigenvalue weighted by Gasteiger charge is -2.26. The summed E-state index contributed by atoms with van der Waals surface area (Å²) in [5.41, 5.74) is 0. The predicted molar refractivity (Wildman–Crippen MR) is 87.1 cm³/mol. The lowest BCUT2D eigenvalue weighted by Crippen LogP contribution is -2.44. The van der Waals surface area contributed by atoms with Crippen LogP contribution < -0.4 is 5.32 Å². The Balaban J connectivity index is 1.34. The van der Waals surface area contributed by atoms with E-state index in [1.54, 1.807) is 0 Å². The van der Waals surface area contributed by atoms with Gasteiger partial charge in [0.2, 0.25) is 11.8 Å². The first-order valence-electron chi connectivity index (χ1n) is 9.13. The normalized spacial score (nSPS) is 26.5. The summed E-state index contributed by atoms with van der Waals surface area (Å²) in [7, 11) is 0. The summed E-state index contributed by atoms with van der Waals surface area (Å²) in [5, 5.41) is 11.6. The lowest BCUT2D eigenvalue weighted by molar-refractivity contribution is -0.129. The number of nitrogens with one attached hydrogen (secondary N) is 1. The third kappa shape index (κ3) is 3.03. The van der Waals surface area contributed by atoms with Crippen LogP contribution in [-0.4, -0.2) is 50.6 Å². The van der Waals surface area contributed by atoms with Crippen molar-refractivity contribution in [3.63, 3.8) is 0 Å². The standard InChI is InChI=1S/C17H25N5O2/c1-2-14-19-20-15-6-5-13(10-22(14)15)18-17(24)12-7-16(23)21(9-12)8-11-3-4-11/h11-13H,2-10H2,1H3,(H,18,24)/t12-,13+/m1/s1. The first-order chi connectivity index (χ1) is 11.6. The van der Waals surface area contributed by atoms with E-state index in [9.17, 15) is 9.59 Å². The first kappa shape index (κ1) is 15.6. The minimum Gasteiger partial charge on any atom is -0.351 e. The van der Waals surface area contributed by atoms with E-state index in [0.29, 0.717) is 18.9 Å². The molecule has 1 aromatic rings. The number of carbonyl (C=O) groups excluding carboxylic acids is 2. The van der Waals surface area contributed by atoms with Crippen LogP contribution in [0.25, 0.3) is 0 Å². The Bertz CT molecular complexity index is 638. The maximum atomic E-state index is 12.6. The second-order valence-corrected chi connectivity index (χ2v) is 7.38. The Labute approximate surface area is 141 Å². The summed E-state index contributed by atoms with van der Waals surface area (Å²) >= 11 is 0.